The number of rotatable bonds is 6. The molecule has 4 nitrogen and oxygen atoms in total. The normalized spacial score (nSPS) is 27.7. The fourth-order valence-corrected chi connectivity index (χ4v) is 2.80. The molecule has 2 aliphatic heterocycles. The summed E-state index contributed by atoms with van der Waals surface area (Å²) < 4.78 is 0. The van der Waals surface area contributed by atoms with Gasteiger partial charge in [0, 0.05) is 38.8 Å². The first-order chi connectivity index (χ1) is 8.34. The van der Waals surface area contributed by atoms with Crippen molar-refractivity contribution in [1.82, 2.24) is 20.4 Å². The molecule has 0 aromatic heterocycles. The summed E-state index contributed by atoms with van der Waals surface area (Å²) in [5.41, 5.74) is 0. The Morgan fingerprint density at radius 1 is 1.18 bits per heavy atom. The largest absolute Gasteiger partial charge is 0.314 e. The predicted octanol–water partition coefficient (Wildman–Crippen LogP) is -0.0345. The molecule has 0 aromatic carbocycles. The topological polar surface area (TPSA) is 30.5 Å². The van der Waals surface area contributed by atoms with Crippen LogP contribution in [0.4, 0.5) is 0 Å². The van der Waals surface area contributed by atoms with Crippen LogP contribution in [0.5, 0.6) is 0 Å². The van der Waals surface area contributed by atoms with Crippen LogP contribution in [-0.2, 0) is 0 Å². The smallest absolute Gasteiger partial charge is 0.0207 e. The van der Waals surface area contributed by atoms with Crippen LogP contribution in [0.25, 0.3) is 0 Å². The lowest BCUT2D eigenvalue weighted by molar-refractivity contribution is 0.236. The summed E-state index contributed by atoms with van der Waals surface area (Å²) in [7, 11) is 2.21. The zero-order chi connectivity index (χ0) is 11.9. The number of hydrogen-bond donors (Lipinski definition) is 2. The first kappa shape index (κ1) is 13.3. The van der Waals surface area contributed by atoms with Crippen molar-refractivity contribution in [3.8, 4) is 0 Å². The van der Waals surface area contributed by atoms with Gasteiger partial charge in [0.25, 0.3) is 0 Å². The van der Waals surface area contributed by atoms with Crippen molar-refractivity contribution in [3.05, 3.63) is 0 Å². The number of nitrogens with zero attached hydrogens (tertiary/aromatic N) is 2. The number of likely N-dealkylation sites (tertiary alicyclic amines) is 1. The van der Waals surface area contributed by atoms with Crippen LogP contribution >= 0.6 is 0 Å². The quantitative estimate of drug-likeness (QED) is 0.638. The minimum absolute atomic E-state index is 0.749. The van der Waals surface area contributed by atoms with Gasteiger partial charge in [-0.25, -0.2) is 0 Å². The number of hydrogen-bond acceptors (Lipinski definition) is 4. The van der Waals surface area contributed by atoms with Gasteiger partial charge in [-0.15, -0.1) is 0 Å². The molecule has 0 amide bonds. The van der Waals surface area contributed by atoms with Gasteiger partial charge < -0.3 is 20.4 Å². The maximum absolute atomic E-state index is 3.68. The van der Waals surface area contributed by atoms with E-state index in [0.29, 0.717) is 0 Å². The SMILES string of the molecule is CN1CCC(NCCCCN2CCNCC2)C1. The number of piperazine rings is 1. The van der Waals surface area contributed by atoms with E-state index in [1.165, 1.54) is 71.6 Å². The van der Waals surface area contributed by atoms with Gasteiger partial charge in [-0.05, 0) is 45.9 Å². The van der Waals surface area contributed by atoms with Crippen molar-refractivity contribution < 1.29 is 0 Å². The lowest BCUT2D eigenvalue weighted by atomic mass is 10.2. The highest BCUT2D eigenvalue weighted by molar-refractivity contribution is 4.78. The van der Waals surface area contributed by atoms with Crippen molar-refractivity contribution >= 4 is 0 Å². The highest BCUT2D eigenvalue weighted by atomic mass is 15.2. The summed E-state index contributed by atoms with van der Waals surface area (Å²) in [6.45, 7) is 9.80. The van der Waals surface area contributed by atoms with Gasteiger partial charge in [0.1, 0.15) is 0 Å². The molecule has 2 rings (SSSR count). The lowest BCUT2D eigenvalue weighted by Crippen LogP contribution is -2.43. The molecule has 0 aliphatic carbocycles. The molecule has 2 heterocycles. The molecule has 100 valence electrons. The molecule has 1 unspecified atom stereocenters. The van der Waals surface area contributed by atoms with Gasteiger partial charge in [0.2, 0.25) is 0 Å². The average molecular weight is 240 g/mol. The first-order valence-corrected chi connectivity index (χ1v) is 7.19. The molecular formula is C13H28N4. The van der Waals surface area contributed by atoms with Gasteiger partial charge in [0.15, 0.2) is 0 Å². The third-order valence-corrected chi connectivity index (χ3v) is 3.94. The second-order valence-corrected chi connectivity index (χ2v) is 5.50. The van der Waals surface area contributed by atoms with E-state index >= 15 is 0 Å². The van der Waals surface area contributed by atoms with Crippen LogP contribution in [0.15, 0.2) is 0 Å². The van der Waals surface area contributed by atoms with Crippen LogP contribution in [0, 0.1) is 0 Å². The molecule has 0 aromatic rings. The molecular weight excluding hydrogens is 212 g/mol. The zero-order valence-corrected chi connectivity index (χ0v) is 11.2. The number of nitrogens with one attached hydrogen (secondary N) is 2. The molecule has 2 saturated heterocycles. The maximum atomic E-state index is 3.68. The van der Waals surface area contributed by atoms with Gasteiger partial charge in [-0.3, -0.25) is 0 Å². The van der Waals surface area contributed by atoms with Crippen LogP contribution in [-0.4, -0.2) is 75.2 Å². The van der Waals surface area contributed by atoms with Crippen LogP contribution in [0.3, 0.4) is 0 Å². The molecule has 0 spiro atoms. The Hall–Kier alpha value is -0.160. The third-order valence-electron chi connectivity index (χ3n) is 3.94. The van der Waals surface area contributed by atoms with Gasteiger partial charge >= 0.3 is 0 Å². The molecule has 17 heavy (non-hydrogen) atoms. The lowest BCUT2D eigenvalue weighted by Gasteiger charge is -2.27. The van der Waals surface area contributed by atoms with E-state index in [-0.39, 0.29) is 0 Å². The fraction of sp³-hybridized carbons (Fsp3) is 1.00. The van der Waals surface area contributed by atoms with Crippen LogP contribution < -0.4 is 10.6 Å². The Bertz CT molecular complexity index is 197. The van der Waals surface area contributed by atoms with Crippen molar-refractivity contribution in [2.24, 2.45) is 0 Å². The maximum Gasteiger partial charge on any atom is 0.0207 e. The summed E-state index contributed by atoms with van der Waals surface area (Å²) in [5.74, 6) is 0. The second-order valence-electron chi connectivity index (χ2n) is 5.50. The standard InChI is InChI=1S/C13H28N4/c1-16-9-4-13(12-16)15-5-2-3-8-17-10-6-14-7-11-17/h13-15H,2-12H2,1H3. The highest BCUT2D eigenvalue weighted by Gasteiger charge is 2.18. The van der Waals surface area contributed by atoms with E-state index in [9.17, 15) is 0 Å². The fourth-order valence-electron chi connectivity index (χ4n) is 2.80. The van der Waals surface area contributed by atoms with E-state index in [0.717, 1.165) is 6.04 Å². The molecule has 2 fully saturated rings. The third kappa shape index (κ3) is 4.92. The van der Waals surface area contributed by atoms with Crippen molar-refractivity contribution in [1.29, 1.82) is 0 Å². The van der Waals surface area contributed by atoms with E-state index in [1.807, 2.05) is 0 Å². The minimum Gasteiger partial charge on any atom is -0.314 e. The Kier molecular flexibility index (Phi) is 5.71. The number of likely N-dealkylation sites (N-methyl/N-ethyl adjacent to an activating group) is 1. The van der Waals surface area contributed by atoms with Gasteiger partial charge in [-0.2, -0.15) is 0 Å². The molecule has 2 N–H and O–H groups in total. The monoisotopic (exact) mass is 240 g/mol. The van der Waals surface area contributed by atoms with Crippen LogP contribution in [0.2, 0.25) is 0 Å². The van der Waals surface area contributed by atoms with Crippen LogP contribution in [0.1, 0.15) is 19.3 Å². The zero-order valence-electron chi connectivity index (χ0n) is 11.2. The highest BCUT2D eigenvalue weighted by Crippen LogP contribution is 2.06. The van der Waals surface area contributed by atoms with Gasteiger partial charge in [-0.1, -0.05) is 0 Å². The molecule has 1 atom stereocenters. The van der Waals surface area contributed by atoms with E-state index in [2.05, 4.69) is 27.5 Å². The average Bonchev–Trinajstić information content (AvgIpc) is 2.76. The van der Waals surface area contributed by atoms with Gasteiger partial charge in [0.05, 0.1) is 0 Å². The molecule has 0 bridgehead atoms. The second kappa shape index (κ2) is 7.31. The summed E-state index contributed by atoms with van der Waals surface area (Å²) in [6.07, 6.45) is 3.99. The molecule has 4 heteroatoms. The van der Waals surface area contributed by atoms with E-state index < -0.39 is 0 Å². The Morgan fingerprint density at radius 3 is 2.71 bits per heavy atom. The minimum atomic E-state index is 0.749. The van der Waals surface area contributed by atoms with Crippen molar-refractivity contribution in [3.63, 3.8) is 0 Å². The van der Waals surface area contributed by atoms with Crippen molar-refractivity contribution in [2.45, 2.75) is 25.3 Å². The summed E-state index contributed by atoms with van der Waals surface area (Å²) >= 11 is 0. The molecule has 0 saturated carbocycles. The predicted molar refractivity (Wildman–Crippen MR) is 72.4 cm³/mol. The number of unbranched alkanes of at least 4 members (excludes halogenated alkanes) is 1. The van der Waals surface area contributed by atoms with E-state index in [4.69, 9.17) is 0 Å². The Balaban J connectivity index is 1.43. The summed E-state index contributed by atoms with van der Waals surface area (Å²) in [6, 6.07) is 0.749. The summed E-state index contributed by atoms with van der Waals surface area (Å²) in [4.78, 5) is 5.00. The first-order valence-electron chi connectivity index (χ1n) is 7.19. The van der Waals surface area contributed by atoms with Crippen molar-refractivity contribution in [2.75, 3.05) is 59.4 Å². The molecule has 2 aliphatic rings. The Morgan fingerprint density at radius 2 is 2.00 bits per heavy atom. The van der Waals surface area contributed by atoms with E-state index in [1.54, 1.807) is 0 Å². The summed E-state index contributed by atoms with van der Waals surface area (Å²) in [5, 5.41) is 7.08. The Labute approximate surface area is 106 Å². The molecule has 0 radical (unpaired) electrons.